The predicted octanol–water partition coefficient (Wildman–Crippen LogP) is 3.20. The number of hydrogen-bond acceptors (Lipinski definition) is 4. The van der Waals surface area contributed by atoms with Gasteiger partial charge in [-0.2, -0.15) is 4.99 Å². The summed E-state index contributed by atoms with van der Waals surface area (Å²) in [4.78, 5) is 15.0. The summed E-state index contributed by atoms with van der Waals surface area (Å²) in [6, 6.07) is 5.64. The first kappa shape index (κ1) is 13.6. The molecule has 1 aromatic carbocycles. The van der Waals surface area contributed by atoms with Crippen LogP contribution < -0.4 is 9.47 Å². The Kier molecular flexibility index (Phi) is 4.23. The highest BCUT2D eigenvalue weighted by Crippen LogP contribution is 2.45. The molecule has 2 rings (SSSR count). The number of carbonyl (C=O) groups excluding carboxylic acids is 1. The van der Waals surface area contributed by atoms with Crippen LogP contribution in [0.4, 0.5) is 0 Å². The first-order chi connectivity index (χ1) is 9.25. The Bertz CT molecular complexity index is 486. The summed E-state index contributed by atoms with van der Waals surface area (Å²) in [5.74, 6) is 1.50. The predicted molar refractivity (Wildman–Crippen MR) is 72.4 cm³/mol. The van der Waals surface area contributed by atoms with E-state index in [0.717, 1.165) is 42.7 Å². The van der Waals surface area contributed by atoms with E-state index in [9.17, 15) is 4.79 Å². The molecule has 0 aromatic heterocycles. The third-order valence-electron chi connectivity index (χ3n) is 3.85. The van der Waals surface area contributed by atoms with Crippen LogP contribution in [0.15, 0.2) is 23.2 Å². The molecule has 0 aliphatic heterocycles. The zero-order valence-corrected chi connectivity index (χ0v) is 11.4. The molecule has 4 nitrogen and oxygen atoms in total. The van der Waals surface area contributed by atoms with Gasteiger partial charge >= 0.3 is 0 Å². The second kappa shape index (κ2) is 5.89. The van der Waals surface area contributed by atoms with E-state index >= 15 is 0 Å². The Hall–Kier alpha value is -1.80. The quantitative estimate of drug-likeness (QED) is 0.617. The molecule has 0 heterocycles. The Morgan fingerprint density at radius 1 is 1.16 bits per heavy atom. The molecule has 1 aromatic rings. The van der Waals surface area contributed by atoms with Gasteiger partial charge in [-0.1, -0.05) is 19.3 Å². The lowest BCUT2D eigenvalue weighted by molar-refractivity contribution is 0.289. The minimum Gasteiger partial charge on any atom is -0.497 e. The van der Waals surface area contributed by atoms with Crippen molar-refractivity contribution in [1.82, 2.24) is 0 Å². The summed E-state index contributed by atoms with van der Waals surface area (Å²) in [6.07, 6.45) is 6.76. The van der Waals surface area contributed by atoms with Crippen molar-refractivity contribution in [3.8, 4) is 11.5 Å². The molecule has 0 atom stereocenters. The van der Waals surface area contributed by atoms with E-state index in [1.54, 1.807) is 20.3 Å². The average Bonchev–Trinajstić information content (AvgIpc) is 2.48. The van der Waals surface area contributed by atoms with Crippen LogP contribution in [-0.2, 0) is 10.3 Å². The van der Waals surface area contributed by atoms with Crippen molar-refractivity contribution in [3.63, 3.8) is 0 Å². The summed E-state index contributed by atoms with van der Waals surface area (Å²) in [5.41, 5.74) is 0.428. The smallest absolute Gasteiger partial charge is 0.235 e. The number of nitrogens with zero attached hydrogens (tertiary/aromatic N) is 1. The zero-order valence-electron chi connectivity index (χ0n) is 11.4. The van der Waals surface area contributed by atoms with Gasteiger partial charge in [0.05, 0.1) is 14.2 Å². The molecular formula is C15H19NO3. The summed E-state index contributed by atoms with van der Waals surface area (Å²) >= 11 is 0. The second-order valence-electron chi connectivity index (χ2n) is 4.86. The third-order valence-corrected chi connectivity index (χ3v) is 3.85. The van der Waals surface area contributed by atoms with Gasteiger partial charge in [0, 0.05) is 5.56 Å². The van der Waals surface area contributed by atoms with Crippen LogP contribution in [0.25, 0.3) is 0 Å². The van der Waals surface area contributed by atoms with Crippen LogP contribution in [-0.4, -0.2) is 20.3 Å². The van der Waals surface area contributed by atoms with Crippen molar-refractivity contribution in [3.05, 3.63) is 23.8 Å². The Morgan fingerprint density at radius 2 is 1.89 bits per heavy atom. The highest BCUT2D eigenvalue weighted by atomic mass is 16.5. The molecule has 1 aliphatic rings. The topological polar surface area (TPSA) is 47.9 Å². The Labute approximate surface area is 113 Å². The highest BCUT2D eigenvalue weighted by molar-refractivity contribution is 5.47. The van der Waals surface area contributed by atoms with Gasteiger partial charge in [0.2, 0.25) is 6.08 Å². The van der Waals surface area contributed by atoms with E-state index in [-0.39, 0.29) is 0 Å². The molecule has 1 aliphatic carbocycles. The van der Waals surface area contributed by atoms with Crippen LogP contribution >= 0.6 is 0 Å². The van der Waals surface area contributed by atoms with E-state index in [1.807, 2.05) is 18.2 Å². The summed E-state index contributed by atoms with van der Waals surface area (Å²) in [5, 5.41) is 0. The molecule has 102 valence electrons. The van der Waals surface area contributed by atoms with Crippen LogP contribution in [0.3, 0.4) is 0 Å². The minimum atomic E-state index is -0.500. The molecule has 1 saturated carbocycles. The van der Waals surface area contributed by atoms with Crippen molar-refractivity contribution in [2.24, 2.45) is 4.99 Å². The van der Waals surface area contributed by atoms with Crippen molar-refractivity contribution in [2.75, 3.05) is 14.2 Å². The average molecular weight is 261 g/mol. The molecule has 4 heteroatoms. The maximum Gasteiger partial charge on any atom is 0.235 e. The largest absolute Gasteiger partial charge is 0.497 e. The molecule has 1 fully saturated rings. The van der Waals surface area contributed by atoms with Gasteiger partial charge in [-0.3, -0.25) is 0 Å². The fourth-order valence-corrected chi connectivity index (χ4v) is 2.84. The molecule has 0 N–H and O–H groups in total. The lowest BCUT2D eigenvalue weighted by atomic mass is 9.76. The van der Waals surface area contributed by atoms with E-state index in [0.29, 0.717) is 0 Å². The van der Waals surface area contributed by atoms with E-state index in [1.165, 1.54) is 6.42 Å². The third kappa shape index (κ3) is 2.64. The SMILES string of the molecule is COc1ccc(OC)c(C2(N=C=O)CCCCC2)c1. The van der Waals surface area contributed by atoms with Crippen molar-refractivity contribution >= 4 is 6.08 Å². The van der Waals surface area contributed by atoms with Gasteiger partial charge in [0.15, 0.2) is 0 Å². The number of aliphatic imine (C=N–C) groups is 1. The number of hydrogen-bond donors (Lipinski definition) is 0. The number of ether oxygens (including phenoxy) is 2. The number of rotatable bonds is 4. The zero-order chi connectivity index (χ0) is 13.7. The van der Waals surface area contributed by atoms with E-state index in [4.69, 9.17) is 9.47 Å². The molecular weight excluding hydrogens is 242 g/mol. The Balaban J connectivity index is 2.53. The van der Waals surface area contributed by atoms with Gasteiger partial charge in [0.25, 0.3) is 0 Å². The molecule has 0 amide bonds. The maximum atomic E-state index is 10.8. The fraction of sp³-hybridized carbons (Fsp3) is 0.533. The van der Waals surface area contributed by atoms with Crippen LogP contribution in [0.1, 0.15) is 37.7 Å². The molecule has 0 unspecified atom stereocenters. The highest BCUT2D eigenvalue weighted by Gasteiger charge is 2.36. The van der Waals surface area contributed by atoms with Crippen LogP contribution in [0.2, 0.25) is 0 Å². The van der Waals surface area contributed by atoms with E-state index < -0.39 is 5.54 Å². The van der Waals surface area contributed by atoms with E-state index in [2.05, 4.69) is 4.99 Å². The standard InChI is InChI=1S/C15H19NO3/c1-18-12-6-7-14(19-2)13(10-12)15(16-11-17)8-4-3-5-9-15/h6-7,10H,3-5,8-9H2,1-2H3. The lowest BCUT2D eigenvalue weighted by Gasteiger charge is -2.33. The number of benzene rings is 1. The molecule has 0 saturated heterocycles. The summed E-state index contributed by atoms with van der Waals surface area (Å²) < 4.78 is 10.7. The summed E-state index contributed by atoms with van der Waals surface area (Å²) in [6.45, 7) is 0. The molecule has 0 radical (unpaired) electrons. The monoisotopic (exact) mass is 261 g/mol. The van der Waals surface area contributed by atoms with Gasteiger partial charge in [-0.15, -0.1) is 0 Å². The number of isocyanates is 1. The minimum absolute atomic E-state index is 0.500. The second-order valence-corrected chi connectivity index (χ2v) is 4.86. The van der Waals surface area contributed by atoms with Crippen molar-refractivity contribution < 1.29 is 14.3 Å². The van der Waals surface area contributed by atoms with Crippen LogP contribution in [0.5, 0.6) is 11.5 Å². The normalized spacial score (nSPS) is 17.4. The van der Waals surface area contributed by atoms with Gasteiger partial charge < -0.3 is 9.47 Å². The van der Waals surface area contributed by atoms with Crippen molar-refractivity contribution in [1.29, 1.82) is 0 Å². The first-order valence-corrected chi connectivity index (χ1v) is 6.57. The van der Waals surface area contributed by atoms with Gasteiger partial charge in [-0.05, 0) is 31.0 Å². The Morgan fingerprint density at radius 3 is 2.47 bits per heavy atom. The van der Waals surface area contributed by atoms with Gasteiger partial charge in [-0.25, -0.2) is 4.79 Å². The van der Waals surface area contributed by atoms with Gasteiger partial charge in [0.1, 0.15) is 17.0 Å². The summed E-state index contributed by atoms with van der Waals surface area (Å²) in [7, 11) is 3.26. The first-order valence-electron chi connectivity index (χ1n) is 6.57. The maximum absolute atomic E-state index is 10.8. The van der Waals surface area contributed by atoms with Crippen LogP contribution in [0, 0.1) is 0 Å². The molecule has 0 spiro atoms. The van der Waals surface area contributed by atoms with Crippen molar-refractivity contribution in [2.45, 2.75) is 37.6 Å². The lowest BCUT2D eigenvalue weighted by Crippen LogP contribution is -2.27. The molecule has 19 heavy (non-hydrogen) atoms. The fourth-order valence-electron chi connectivity index (χ4n) is 2.84. The number of methoxy groups -OCH3 is 2. The molecule has 0 bridgehead atoms.